The number of anilines is 1. The molecule has 0 spiro atoms. The molecule has 0 aromatic carbocycles. The first-order chi connectivity index (χ1) is 13.5. The van der Waals surface area contributed by atoms with Crippen molar-refractivity contribution in [2.45, 2.75) is 46.1 Å². The highest BCUT2D eigenvalue weighted by atomic mass is 32.1. The number of piperidine rings is 1. The molecule has 0 bridgehead atoms. The van der Waals surface area contributed by atoms with E-state index in [1.807, 2.05) is 19.1 Å². The molecule has 4 heterocycles. The van der Waals surface area contributed by atoms with Gasteiger partial charge in [-0.25, -0.2) is 9.97 Å². The van der Waals surface area contributed by atoms with Crippen LogP contribution in [0.2, 0.25) is 0 Å². The van der Waals surface area contributed by atoms with Gasteiger partial charge < -0.3 is 14.6 Å². The number of nitrogens with zero attached hydrogens (tertiary/aromatic N) is 3. The van der Waals surface area contributed by atoms with Crippen molar-refractivity contribution in [3.05, 3.63) is 40.9 Å². The molecule has 3 aromatic heterocycles. The van der Waals surface area contributed by atoms with Gasteiger partial charge in [0.15, 0.2) is 0 Å². The van der Waals surface area contributed by atoms with Gasteiger partial charge >= 0.3 is 0 Å². The Morgan fingerprint density at radius 1 is 1.36 bits per heavy atom. The summed E-state index contributed by atoms with van der Waals surface area (Å²) in [6, 6.07) is 3.88. The van der Waals surface area contributed by atoms with Crippen LogP contribution in [0.4, 0.5) is 5.82 Å². The van der Waals surface area contributed by atoms with Gasteiger partial charge in [0.1, 0.15) is 22.7 Å². The molecule has 4 rings (SSSR count). The van der Waals surface area contributed by atoms with E-state index in [-0.39, 0.29) is 17.9 Å². The van der Waals surface area contributed by atoms with E-state index in [0.717, 1.165) is 42.3 Å². The average molecular weight is 399 g/mol. The van der Waals surface area contributed by atoms with Crippen molar-refractivity contribution in [2.75, 3.05) is 18.0 Å². The topological polar surface area (TPSA) is 71.3 Å². The lowest BCUT2D eigenvalue weighted by molar-refractivity contribution is -0.126. The summed E-state index contributed by atoms with van der Waals surface area (Å²) in [7, 11) is 0. The minimum atomic E-state index is 0.0536. The Kier molecular flexibility index (Phi) is 5.35. The fourth-order valence-electron chi connectivity index (χ4n) is 3.90. The van der Waals surface area contributed by atoms with E-state index in [1.165, 1.54) is 15.8 Å². The maximum atomic E-state index is 12.7. The Balaban J connectivity index is 1.38. The highest BCUT2D eigenvalue weighted by Crippen LogP contribution is 2.35. The Labute approximate surface area is 169 Å². The van der Waals surface area contributed by atoms with E-state index in [1.54, 1.807) is 23.9 Å². The van der Waals surface area contributed by atoms with Crippen LogP contribution >= 0.6 is 11.3 Å². The van der Waals surface area contributed by atoms with Gasteiger partial charge in [0.05, 0.1) is 11.6 Å². The number of hydrogen-bond donors (Lipinski definition) is 1. The second-order valence-electron chi connectivity index (χ2n) is 7.62. The SMILES string of the molecule is Cc1sc2ncnc(N3CCC(C(=O)NC(C)Cc4ccco4)CC3)c2c1C. The standard InChI is InChI=1S/C21H26N4O2S/c1-13(11-17-5-4-10-27-17)24-20(26)16-6-8-25(9-7-16)19-18-14(2)15(3)28-21(18)23-12-22-19/h4-5,10,12-13,16H,6-9,11H2,1-3H3,(H,24,26). The summed E-state index contributed by atoms with van der Waals surface area (Å²) in [6.07, 6.45) is 5.72. The number of thiophene rings is 1. The highest BCUT2D eigenvalue weighted by molar-refractivity contribution is 7.18. The first kappa shape index (κ1) is 18.9. The third-order valence-corrected chi connectivity index (χ3v) is 6.70. The van der Waals surface area contributed by atoms with Crippen LogP contribution < -0.4 is 10.2 Å². The van der Waals surface area contributed by atoms with E-state index in [9.17, 15) is 4.79 Å². The zero-order valence-corrected chi connectivity index (χ0v) is 17.4. The zero-order valence-electron chi connectivity index (χ0n) is 16.6. The van der Waals surface area contributed by atoms with Crippen LogP contribution in [0, 0.1) is 19.8 Å². The van der Waals surface area contributed by atoms with Crippen LogP contribution in [0.5, 0.6) is 0 Å². The van der Waals surface area contributed by atoms with Gasteiger partial charge in [-0.2, -0.15) is 0 Å². The van der Waals surface area contributed by atoms with E-state index in [4.69, 9.17) is 4.42 Å². The smallest absolute Gasteiger partial charge is 0.223 e. The molecule has 1 aliphatic rings. The van der Waals surface area contributed by atoms with E-state index in [2.05, 4.69) is 34.0 Å². The summed E-state index contributed by atoms with van der Waals surface area (Å²) >= 11 is 1.72. The van der Waals surface area contributed by atoms with Gasteiger partial charge in [-0.1, -0.05) is 0 Å². The molecule has 1 unspecified atom stereocenters. The van der Waals surface area contributed by atoms with Crippen LogP contribution in [-0.2, 0) is 11.2 Å². The summed E-state index contributed by atoms with van der Waals surface area (Å²) < 4.78 is 5.37. The van der Waals surface area contributed by atoms with Gasteiger partial charge in [0.2, 0.25) is 5.91 Å². The third kappa shape index (κ3) is 3.76. The van der Waals surface area contributed by atoms with Crippen molar-refractivity contribution in [3.8, 4) is 0 Å². The van der Waals surface area contributed by atoms with Crippen molar-refractivity contribution in [3.63, 3.8) is 0 Å². The number of fused-ring (bicyclic) bond motifs is 1. The molecule has 3 aromatic rings. The van der Waals surface area contributed by atoms with Gasteiger partial charge in [0.25, 0.3) is 0 Å². The molecule has 1 N–H and O–H groups in total. The average Bonchev–Trinajstić information content (AvgIpc) is 3.30. The number of carbonyl (C=O) groups is 1. The second kappa shape index (κ2) is 7.91. The van der Waals surface area contributed by atoms with Crippen molar-refractivity contribution in [1.82, 2.24) is 15.3 Å². The lowest BCUT2D eigenvalue weighted by Crippen LogP contribution is -2.43. The van der Waals surface area contributed by atoms with Gasteiger partial charge in [0, 0.05) is 36.3 Å². The largest absolute Gasteiger partial charge is 0.469 e. The Morgan fingerprint density at radius 3 is 2.86 bits per heavy atom. The molecular formula is C21H26N4O2S. The molecule has 1 fully saturated rings. The van der Waals surface area contributed by atoms with Gasteiger partial charge in [-0.05, 0) is 51.3 Å². The van der Waals surface area contributed by atoms with Crippen molar-refractivity contribution < 1.29 is 9.21 Å². The number of rotatable bonds is 5. The van der Waals surface area contributed by atoms with Crippen molar-refractivity contribution in [2.24, 2.45) is 5.92 Å². The molecule has 1 amide bonds. The van der Waals surface area contributed by atoms with Crippen LogP contribution in [0.25, 0.3) is 10.2 Å². The normalized spacial score (nSPS) is 16.5. The molecule has 28 heavy (non-hydrogen) atoms. The second-order valence-corrected chi connectivity index (χ2v) is 8.82. The predicted octanol–water partition coefficient (Wildman–Crippen LogP) is 3.86. The molecule has 1 aliphatic heterocycles. The van der Waals surface area contributed by atoms with Crippen LogP contribution in [0.15, 0.2) is 29.1 Å². The molecule has 1 saturated heterocycles. The van der Waals surface area contributed by atoms with E-state index in [0.29, 0.717) is 6.42 Å². The molecule has 7 heteroatoms. The third-order valence-electron chi connectivity index (χ3n) is 5.59. The number of amides is 1. The number of carbonyl (C=O) groups excluding carboxylic acids is 1. The Morgan fingerprint density at radius 2 is 2.14 bits per heavy atom. The van der Waals surface area contributed by atoms with Crippen molar-refractivity contribution >= 4 is 33.3 Å². The number of nitrogens with one attached hydrogen (secondary N) is 1. The summed E-state index contributed by atoms with van der Waals surface area (Å²) in [4.78, 5) is 26.3. The minimum Gasteiger partial charge on any atom is -0.469 e. The highest BCUT2D eigenvalue weighted by Gasteiger charge is 2.28. The zero-order chi connectivity index (χ0) is 19.7. The lowest BCUT2D eigenvalue weighted by atomic mass is 9.95. The quantitative estimate of drug-likeness (QED) is 0.706. The van der Waals surface area contributed by atoms with E-state index < -0.39 is 0 Å². The van der Waals surface area contributed by atoms with Gasteiger partial charge in [-0.15, -0.1) is 11.3 Å². The predicted molar refractivity (Wildman–Crippen MR) is 112 cm³/mol. The monoisotopic (exact) mass is 398 g/mol. The van der Waals surface area contributed by atoms with E-state index >= 15 is 0 Å². The first-order valence-electron chi connectivity index (χ1n) is 9.81. The first-order valence-corrected chi connectivity index (χ1v) is 10.6. The van der Waals surface area contributed by atoms with Crippen molar-refractivity contribution in [1.29, 1.82) is 0 Å². The maximum Gasteiger partial charge on any atom is 0.223 e. The summed E-state index contributed by atoms with van der Waals surface area (Å²) in [5.74, 6) is 2.11. The maximum absolute atomic E-state index is 12.7. The molecule has 0 aliphatic carbocycles. The number of aromatic nitrogens is 2. The molecular weight excluding hydrogens is 372 g/mol. The Hall–Kier alpha value is -2.41. The van der Waals surface area contributed by atoms with Crippen LogP contribution in [-0.4, -0.2) is 35.0 Å². The molecule has 0 radical (unpaired) electrons. The Bertz CT molecular complexity index is 958. The summed E-state index contributed by atoms with van der Waals surface area (Å²) in [5.41, 5.74) is 1.27. The fraction of sp³-hybridized carbons (Fsp3) is 0.476. The number of aryl methyl sites for hydroxylation is 2. The number of hydrogen-bond acceptors (Lipinski definition) is 6. The summed E-state index contributed by atoms with van der Waals surface area (Å²) in [6.45, 7) is 7.97. The molecule has 0 saturated carbocycles. The lowest BCUT2D eigenvalue weighted by Gasteiger charge is -2.33. The molecule has 1 atom stereocenters. The fourth-order valence-corrected chi connectivity index (χ4v) is 4.89. The summed E-state index contributed by atoms with van der Waals surface area (Å²) in [5, 5.41) is 4.31. The minimum absolute atomic E-state index is 0.0536. The molecule has 148 valence electrons. The molecule has 6 nitrogen and oxygen atoms in total. The van der Waals surface area contributed by atoms with Crippen LogP contribution in [0.1, 0.15) is 36.0 Å². The van der Waals surface area contributed by atoms with Crippen LogP contribution in [0.3, 0.4) is 0 Å². The van der Waals surface area contributed by atoms with Gasteiger partial charge in [-0.3, -0.25) is 4.79 Å². The number of furan rings is 1.